The molecule has 1 N–H and O–H groups in total. The summed E-state index contributed by atoms with van der Waals surface area (Å²) in [7, 11) is -3.08. The molecule has 100 valence electrons. The van der Waals surface area contributed by atoms with Crippen LogP contribution in [0.5, 0.6) is 0 Å². The minimum Gasteiger partial charge on any atom is -0.392 e. The molecular weight excluding hydrogens is 262 g/mol. The van der Waals surface area contributed by atoms with Crippen LogP contribution in [0.3, 0.4) is 0 Å². The molecule has 18 heavy (non-hydrogen) atoms. The van der Waals surface area contributed by atoms with Crippen LogP contribution in [-0.2, 0) is 16.3 Å². The maximum Gasteiger partial charge on any atom is 0.150 e. The molecule has 1 aliphatic heterocycles. The van der Waals surface area contributed by atoms with Gasteiger partial charge in [0.15, 0.2) is 9.84 Å². The summed E-state index contributed by atoms with van der Waals surface area (Å²) < 4.78 is 48.9. The normalized spacial score (nSPS) is 24.1. The lowest BCUT2D eigenvalue weighted by molar-refractivity contribution is 0.119. The zero-order valence-corrected chi connectivity index (χ0v) is 10.5. The van der Waals surface area contributed by atoms with Gasteiger partial charge in [0, 0.05) is 12.3 Å². The Morgan fingerprint density at radius 3 is 2.72 bits per heavy atom. The van der Waals surface area contributed by atoms with Crippen molar-refractivity contribution in [1.29, 1.82) is 0 Å². The van der Waals surface area contributed by atoms with Crippen LogP contribution >= 0.6 is 0 Å². The van der Waals surface area contributed by atoms with Gasteiger partial charge < -0.3 is 5.11 Å². The highest BCUT2D eigenvalue weighted by Gasteiger charge is 2.33. The molecule has 2 atom stereocenters. The molecule has 0 aliphatic carbocycles. The van der Waals surface area contributed by atoms with Crippen molar-refractivity contribution in [2.75, 3.05) is 11.5 Å². The summed E-state index contributed by atoms with van der Waals surface area (Å²) in [6.45, 7) is 0. The third kappa shape index (κ3) is 3.05. The van der Waals surface area contributed by atoms with Gasteiger partial charge in [0.2, 0.25) is 0 Å². The van der Waals surface area contributed by atoms with Gasteiger partial charge in [-0.1, -0.05) is 0 Å². The predicted octanol–water partition coefficient (Wildman–Crippen LogP) is 1.30. The van der Waals surface area contributed by atoms with Crippen LogP contribution in [0.2, 0.25) is 0 Å². The van der Waals surface area contributed by atoms with Gasteiger partial charge in [0.25, 0.3) is 0 Å². The van der Waals surface area contributed by atoms with E-state index in [1.54, 1.807) is 0 Å². The third-order valence-electron chi connectivity index (χ3n) is 3.25. The molecule has 0 bridgehead atoms. The molecule has 1 fully saturated rings. The fraction of sp³-hybridized carbons (Fsp3) is 0.500. The Balaban J connectivity index is 2.08. The van der Waals surface area contributed by atoms with Crippen molar-refractivity contribution in [3.05, 3.63) is 35.4 Å². The summed E-state index contributed by atoms with van der Waals surface area (Å²) in [5.41, 5.74) is 0.0757. The van der Waals surface area contributed by atoms with Crippen LogP contribution in [0.1, 0.15) is 12.0 Å². The fourth-order valence-electron chi connectivity index (χ4n) is 2.22. The summed E-state index contributed by atoms with van der Waals surface area (Å²) >= 11 is 0. The molecule has 1 aromatic rings. The van der Waals surface area contributed by atoms with Crippen molar-refractivity contribution >= 4 is 9.84 Å². The molecule has 3 nitrogen and oxygen atoms in total. The second kappa shape index (κ2) is 4.93. The van der Waals surface area contributed by atoms with Crippen molar-refractivity contribution in [2.24, 2.45) is 5.92 Å². The Labute approximate surface area is 104 Å². The number of hydrogen-bond acceptors (Lipinski definition) is 3. The summed E-state index contributed by atoms with van der Waals surface area (Å²) in [6.07, 6.45) is -0.650. The first kappa shape index (κ1) is 13.4. The summed E-state index contributed by atoms with van der Waals surface area (Å²) in [4.78, 5) is 0. The molecule has 0 saturated carbocycles. The number of rotatable bonds is 3. The number of halogens is 2. The highest BCUT2D eigenvalue weighted by molar-refractivity contribution is 7.91. The van der Waals surface area contributed by atoms with Crippen molar-refractivity contribution in [2.45, 2.75) is 18.9 Å². The second-order valence-corrected chi connectivity index (χ2v) is 6.90. The molecule has 2 rings (SSSR count). The number of aliphatic hydroxyl groups is 1. The molecule has 0 radical (unpaired) electrons. The van der Waals surface area contributed by atoms with Crippen molar-refractivity contribution in [3.8, 4) is 0 Å². The van der Waals surface area contributed by atoms with Crippen LogP contribution in [0.15, 0.2) is 18.2 Å². The Morgan fingerprint density at radius 1 is 1.39 bits per heavy atom. The van der Waals surface area contributed by atoms with Crippen LogP contribution in [0, 0.1) is 17.6 Å². The van der Waals surface area contributed by atoms with Crippen molar-refractivity contribution in [1.82, 2.24) is 0 Å². The van der Waals surface area contributed by atoms with Crippen molar-refractivity contribution in [3.63, 3.8) is 0 Å². The van der Waals surface area contributed by atoms with Crippen molar-refractivity contribution < 1.29 is 22.3 Å². The van der Waals surface area contributed by atoms with Gasteiger partial charge in [-0.25, -0.2) is 17.2 Å². The van der Waals surface area contributed by atoms with E-state index in [0.717, 1.165) is 18.2 Å². The second-order valence-electron chi connectivity index (χ2n) is 4.67. The molecule has 1 aromatic carbocycles. The van der Waals surface area contributed by atoms with Gasteiger partial charge in [-0.15, -0.1) is 0 Å². The molecular formula is C12H14F2O3S. The van der Waals surface area contributed by atoms with E-state index in [1.165, 1.54) is 0 Å². The van der Waals surface area contributed by atoms with Gasteiger partial charge in [-0.3, -0.25) is 0 Å². The van der Waals surface area contributed by atoms with Gasteiger partial charge in [0.05, 0.1) is 17.6 Å². The summed E-state index contributed by atoms with van der Waals surface area (Å²) in [5.74, 6) is -1.57. The topological polar surface area (TPSA) is 54.4 Å². The predicted molar refractivity (Wildman–Crippen MR) is 62.8 cm³/mol. The molecule has 1 aliphatic rings. The highest BCUT2D eigenvalue weighted by atomic mass is 32.2. The largest absolute Gasteiger partial charge is 0.392 e. The van der Waals surface area contributed by atoms with Crippen LogP contribution in [-0.4, -0.2) is 31.1 Å². The summed E-state index contributed by atoms with van der Waals surface area (Å²) in [6, 6.07) is 3.04. The van der Waals surface area contributed by atoms with Gasteiger partial charge in [0.1, 0.15) is 11.6 Å². The van der Waals surface area contributed by atoms with Gasteiger partial charge in [-0.05, 0) is 30.2 Å². The molecule has 0 aromatic heterocycles. The van der Waals surface area contributed by atoms with Gasteiger partial charge >= 0.3 is 0 Å². The van der Waals surface area contributed by atoms with E-state index in [2.05, 4.69) is 0 Å². The Bertz CT molecular complexity index is 542. The van der Waals surface area contributed by atoms with E-state index in [0.29, 0.717) is 6.42 Å². The van der Waals surface area contributed by atoms with E-state index < -0.39 is 33.5 Å². The fourth-order valence-corrected chi connectivity index (χ4v) is 4.09. The van der Waals surface area contributed by atoms with Crippen LogP contribution in [0.25, 0.3) is 0 Å². The van der Waals surface area contributed by atoms with Crippen LogP contribution < -0.4 is 0 Å². The number of hydrogen-bond donors (Lipinski definition) is 1. The maximum absolute atomic E-state index is 13.4. The minimum atomic E-state index is -3.08. The lowest BCUT2D eigenvalue weighted by Gasteiger charge is -2.16. The molecule has 6 heteroatoms. The zero-order valence-electron chi connectivity index (χ0n) is 9.64. The van der Waals surface area contributed by atoms with E-state index in [4.69, 9.17) is 0 Å². The number of aliphatic hydroxyl groups excluding tert-OH is 1. The quantitative estimate of drug-likeness (QED) is 0.905. The highest BCUT2D eigenvalue weighted by Crippen LogP contribution is 2.24. The standard InChI is InChI=1S/C12H14F2O3S/c13-10-1-2-11(14)9(5-10)6-12(15)8-3-4-18(16,17)7-8/h1-2,5,8,12,15H,3-4,6-7H2. The lowest BCUT2D eigenvalue weighted by Crippen LogP contribution is -2.24. The number of benzene rings is 1. The van der Waals surface area contributed by atoms with E-state index in [-0.39, 0.29) is 23.5 Å². The van der Waals surface area contributed by atoms with Crippen LogP contribution in [0.4, 0.5) is 8.78 Å². The molecule has 2 unspecified atom stereocenters. The average Bonchev–Trinajstić information content (AvgIpc) is 2.64. The average molecular weight is 276 g/mol. The van der Waals surface area contributed by atoms with E-state index in [9.17, 15) is 22.3 Å². The molecule has 0 amide bonds. The van der Waals surface area contributed by atoms with E-state index in [1.807, 2.05) is 0 Å². The Morgan fingerprint density at radius 2 is 2.11 bits per heavy atom. The smallest absolute Gasteiger partial charge is 0.150 e. The number of sulfone groups is 1. The maximum atomic E-state index is 13.4. The SMILES string of the molecule is O=S1(=O)CCC(C(O)Cc2cc(F)ccc2F)C1. The molecule has 0 spiro atoms. The summed E-state index contributed by atoms with van der Waals surface area (Å²) in [5, 5.41) is 9.90. The monoisotopic (exact) mass is 276 g/mol. The first-order valence-corrected chi connectivity index (χ1v) is 7.52. The lowest BCUT2D eigenvalue weighted by atomic mass is 9.95. The first-order valence-electron chi connectivity index (χ1n) is 5.70. The molecule has 1 heterocycles. The third-order valence-corrected chi connectivity index (χ3v) is 5.04. The zero-order chi connectivity index (χ0) is 13.3. The van der Waals surface area contributed by atoms with E-state index >= 15 is 0 Å². The Hall–Kier alpha value is -1.01. The molecule has 1 saturated heterocycles. The van der Waals surface area contributed by atoms with Gasteiger partial charge in [-0.2, -0.15) is 0 Å². The first-order chi connectivity index (χ1) is 8.37. The minimum absolute atomic E-state index is 0.0559. The Kier molecular flexibility index (Phi) is 3.68.